The number of rotatable bonds is 5. The van der Waals surface area contributed by atoms with Crippen molar-refractivity contribution < 1.29 is 28.7 Å². The molecule has 0 radical (unpaired) electrons. The SMILES string of the molecule is CC(OC(=O)Nc1conc1C#CC1=CC2=NC(C3(C(=O)O)COC3)=CC2=N1)c1ccccc1Cl. The van der Waals surface area contributed by atoms with Crippen LogP contribution >= 0.6 is 11.6 Å². The number of hydrogen-bond acceptors (Lipinski definition) is 8. The first-order chi connectivity index (χ1) is 16.9. The molecular weight excluding hydrogens is 476 g/mol. The molecule has 3 aliphatic rings. The molecule has 2 aromatic rings. The van der Waals surface area contributed by atoms with Gasteiger partial charge >= 0.3 is 12.1 Å². The molecule has 3 aliphatic heterocycles. The number of nitrogens with zero attached hydrogens (tertiary/aromatic N) is 3. The van der Waals surface area contributed by atoms with Crippen LogP contribution < -0.4 is 5.32 Å². The highest BCUT2D eigenvalue weighted by Gasteiger charge is 2.51. The molecule has 176 valence electrons. The normalized spacial score (nSPS) is 18.0. The van der Waals surface area contributed by atoms with E-state index in [1.54, 1.807) is 43.3 Å². The maximum absolute atomic E-state index is 12.3. The van der Waals surface area contributed by atoms with Crippen molar-refractivity contribution in [2.45, 2.75) is 13.0 Å². The van der Waals surface area contributed by atoms with Gasteiger partial charge in [0.15, 0.2) is 11.1 Å². The first kappa shape index (κ1) is 22.6. The standard InChI is InChI=1S/C24H17ClN4O6/c1-13(15-4-2-3-5-16(15)25)35-23(32)28-20-10-34-29-17(20)7-6-14-8-18-19(26-14)9-21(27-18)24(22(30)31)11-33-12-24/h2-5,8-10,13H,11-12H2,1H3,(H,28,32)(H,30,31). The van der Waals surface area contributed by atoms with Crippen LogP contribution in [0.15, 0.2) is 68.6 Å². The summed E-state index contributed by atoms with van der Waals surface area (Å²) >= 11 is 6.15. The van der Waals surface area contributed by atoms with E-state index in [9.17, 15) is 14.7 Å². The molecule has 2 N–H and O–H groups in total. The minimum absolute atomic E-state index is 0.0795. The number of aromatic nitrogens is 1. The van der Waals surface area contributed by atoms with E-state index in [1.807, 2.05) is 0 Å². The average Bonchev–Trinajstić information content (AvgIpc) is 3.46. The number of fused-ring (bicyclic) bond motifs is 1. The smallest absolute Gasteiger partial charge is 0.412 e. The summed E-state index contributed by atoms with van der Waals surface area (Å²) in [4.78, 5) is 32.8. The van der Waals surface area contributed by atoms with Crippen LogP contribution in [0.25, 0.3) is 0 Å². The predicted molar refractivity (Wildman–Crippen MR) is 125 cm³/mol. The second kappa shape index (κ2) is 8.87. The third-order valence-corrected chi connectivity index (χ3v) is 5.97. The monoisotopic (exact) mass is 492 g/mol. The van der Waals surface area contributed by atoms with E-state index >= 15 is 0 Å². The van der Waals surface area contributed by atoms with Gasteiger partial charge in [-0.2, -0.15) is 0 Å². The van der Waals surface area contributed by atoms with E-state index in [2.05, 4.69) is 32.3 Å². The molecule has 5 rings (SSSR count). The van der Waals surface area contributed by atoms with Crippen LogP contribution in [-0.4, -0.2) is 47.0 Å². The first-order valence-corrected chi connectivity index (χ1v) is 10.8. The van der Waals surface area contributed by atoms with Crippen molar-refractivity contribution in [2.75, 3.05) is 18.5 Å². The highest BCUT2D eigenvalue weighted by Crippen LogP contribution is 2.39. The number of anilines is 1. The Morgan fingerprint density at radius 2 is 1.97 bits per heavy atom. The number of carboxylic acids is 1. The second-order valence-electron chi connectivity index (χ2n) is 7.95. The molecule has 4 heterocycles. The van der Waals surface area contributed by atoms with Gasteiger partial charge in [-0.3, -0.25) is 10.1 Å². The van der Waals surface area contributed by atoms with Crippen LogP contribution in [0.1, 0.15) is 24.3 Å². The van der Waals surface area contributed by atoms with Crippen LogP contribution in [0.3, 0.4) is 0 Å². The highest BCUT2D eigenvalue weighted by molar-refractivity contribution is 6.54. The summed E-state index contributed by atoms with van der Waals surface area (Å²) in [6.07, 6.45) is 3.21. The Morgan fingerprint density at radius 1 is 1.20 bits per heavy atom. The number of aliphatic carboxylic acids is 1. The minimum Gasteiger partial charge on any atom is -0.480 e. The number of halogens is 1. The second-order valence-corrected chi connectivity index (χ2v) is 8.36. The summed E-state index contributed by atoms with van der Waals surface area (Å²) in [6.45, 7) is 1.86. The molecule has 10 nitrogen and oxygen atoms in total. The van der Waals surface area contributed by atoms with Crippen molar-refractivity contribution in [3.8, 4) is 11.8 Å². The number of hydrogen-bond donors (Lipinski definition) is 2. The van der Waals surface area contributed by atoms with Crippen LogP contribution in [0.4, 0.5) is 10.5 Å². The Hall–Kier alpha value is -4.20. The number of carbonyl (C=O) groups is 2. The molecule has 0 spiro atoms. The van der Waals surface area contributed by atoms with Gasteiger partial charge in [0, 0.05) is 16.7 Å². The van der Waals surface area contributed by atoms with E-state index in [0.29, 0.717) is 33.4 Å². The van der Waals surface area contributed by atoms with Gasteiger partial charge in [-0.05, 0) is 30.9 Å². The molecule has 0 saturated carbocycles. The molecule has 35 heavy (non-hydrogen) atoms. The van der Waals surface area contributed by atoms with Gasteiger partial charge in [0.05, 0.1) is 30.3 Å². The summed E-state index contributed by atoms with van der Waals surface area (Å²) in [6, 6.07) is 7.07. The number of amides is 1. The Labute approximate surface area is 204 Å². The molecule has 11 heteroatoms. The lowest BCUT2D eigenvalue weighted by Crippen LogP contribution is -2.50. The highest BCUT2D eigenvalue weighted by atomic mass is 35.5. The number of carboxylic acid groups (broad SMARTS) is 1. The Bertz CT molecular complexity index is 1420. The zero-order valence-electron chi connectivity index (χ0n) is 18.2. The number of carbonyl (C=O) groups excluding carboxylic acids is 1. The fourth-order valence-electron chi connectivity index (χ4n) is 3.61. The summed E-state index contributed by atoms with van der Waals surface area (Å²) < 4.78 is 15.4. The van der Waals surface area contributed by atoms with Crippen molar-refractivity contribution in [3.63, 3.8) is 0 Å². The van der Waals surface area contributed by atoms with Crippen molar-refractivity contribution in [2.24, 2.45) is 15.4 Å². The van der Waals surface area contributed by atoms with Crippen LogP contribution in [0.5, 0.6) is 0 Å². The van der Waals surface area contributed by atoms with E-state index in [1.165, 1.54) is 6.26 Å². The van der Waals surface area contributed by atoms with Crippen LogP contribution in [0, 0.1) is 17.3 Å². The summed E-state index contributed by atoms with van der Waals surface area (Å²) in [7, 11) is 0. The van der Waals surface area contributed by atoms with Crippen molar-refractivity contribution >= 4 is 40.8 Å². The fourth-order valence-corrected chi connectivity index (χ4v) is 3.90. The van der Waals surface area contributed by atoms with Crippen LogP contribution in [0.2, 0.25) is 5.02 Å². The van der Waals surface area contributed by atoms with E-state index < -0.39 is 23.6 Å². The van der Waals surface area contributed by atoms with Gasteiger partial charge < -0.3 is 19.1 Å². The maximum atomic E-state index is 12.3. The number of benzene rings is 1. The Kier molecular flexibility index (Phi) is 5.72. The molecule has 1 saturated heterocycles. The third kappa shape index (κ3) is 4.23. The van der Waals surface area contributed by atoms with E-state index in [-0.39, 0.29) is 24.6 Å². The Balaban J connectivity index is 1.24. The number of ether oxygens (including phenoxy) is 2. The average molecular weight is 493 g/mol. The van der Waals surface area contributed by atoms with Gasteiger partial charge in [0.1, 0.15) is 23.8 Å². The van der Waals surface area contributed by atoms with Crippen molar-refractivity contribution in [3.05, 3.63) is 70.4 Å². The molecule has 0 aliphatic carbocycles. The van der Waals surface area contributed by atoms with E-state index in [4.69, 9.17) is 25.6 Å². The third-order valence-electron chi connectivity index (χ3n) is 5.63. The zero-order valence-corrected chi connectivity index (χ0v) is 19.0. The quantitative estimate of drug-likeness (QED) is 0.606. The predicted octanol–water partition coefficient (Wildman–Crippen LogP) is 3.77. The van der Waals surface area contributed by atoms with E-state index in [0.717, 1.165) is 0 Å². The topological polar surface area (TPSA) is 136 Å². The molecule has 1 atom stereocenters. The van der Waals surface area contributed by atoms with Gasteiger partial charge in [-0.1, -0.05) is 35.0 Å². The lowest BCUT2D eigenvalue weighted by atomic mass is 9.82. The maximum Gasteiger partial charge on any atom is 0.412 e. The lowest BCUT2D eigenvalue weighted by Gasteiger charge is -2.36. The molecule has 1 aromatic carbocycles. The van der Waals surface area contributed by atoms with Gasteiger partial charge in [0.25, 0.3) is 0 Å². The summed E-state index contributed by atoms with van der Waals surface area (Å²) in [5.74, 6) is 4.66. The number of nitrogens with one attached hydrogen (secondary N) is 1. The largest absolute Gasteiger partial charge is 0.480 e. The molecule has 1 unspecified atom stereocenters. The van der Waals surface area contributed by atoms with Gasteiger partial charge in [-0.25, -0.2) is 14.8 Å². The van der Waals surface area contributed by atoms with Gasteiger partial charge in [0.2, 0.25) is 0 Å². The summed E-state index contributed by atoms with van der Waals surface area (Å²) in [5.41, 5.74) is 1.85. The van der Waals surface area contributed by atoms with Crippen molar-refractivity contribution in [1.29, 1.82) is 0 Å². The number of allylic oxidation sites excluding steroid dienone is 3. The molecule has 1 amide bonds. The fraction of sp³-hybridized carbons (Fsp3) is 0.208. The van der Waals surface area contributed by atoms with Crippen LogP contribution in [-0.2, 0) is 14.3 Å². The molecule has 0 bridgehead atoms. The molecular formula is C24H17ClN4O6. The lowest BCUT2D eigenvalue weighted by molar-refractivity contribution is -0.171. The molecule has 1 aromatic heterocycles. The van der Waals surface area contributed by atoms with Crippen molar-refractivity contribution in [1.82, 2.24) is 5.16 Å². The molecule has 1 fully saturated rings. The summed E-state index contributed by atoms with van der Waals surface area (Å²) in [5, 5.41) is 16.4. The zero-order chi connectivity index (χ0) is 24.6. The number of aliphatic imine (C=N–C) groups is 2. The first-order valence-electron chi connectivity index (χ1n) is 10.5. The van der Waals surface area contributed by atoms with Gasteiger partial charge in [-0.15, -0.1) is 0 Å². The Morgan fingerprint density at radius 3 is 2.66 bits per heavy atom. The minimum atomic E-state index is -1.13.